The summed E-state index contributed by atoms with van der Waals surface area (Å²) in [6.07, 6.45) is 0.219. The van der Waals surface area contributed by atoms with E-state index >= 15 is 0 Å². The molecule has 0 fully saturated rings. The van der Waals surface area contributed by atoms with Crippen LogP contribution in [0.4, 0.5) is 4.79 Å². The van der Waals surface area contributed by atoms with E-state index in [0.29, 0.717) is 0 Å². The van der Waals surface area contributed by atoms with Gasteiger partial charge in [0.1, 0.15) is 11.6 Å². The lowest BCUT2D eigenvalue weighted by Gasteiger charge is -2.22. The van der Waals surface area contributed by atoms with Crippen molar-refractivity contribution < 1.29 is 27.9 Å². The van der Waals surface area contributed by atoms with Gasteiger partial charge in [-0.25, -0.2) is 22.0 Å². The van der Waals surface area contributed by atoms with Crippen LogP contribution in [0, 0.1) is 0 Å². The maximum absolute atomic E-state index is 12.8. The first-order valence-corrected chi connectivity index (χ1v) is 9.64. The second-order valence-corrected chi connectivity index (χ2v) is 8.67. The average Bonchev–Trinajstić information content (AvgIpc) is 3.02. The summed E-state index contributed by atoms with van der Waals surface area (Å²) in [5, 5.41) is 11.7. The number of benzene rings is 1. The zero-order chi connectivity index (χ0) is 20.2. The topological polar surface area (TPSA) is 115 Å². The molecule has 0 radical (unpaired) electrons. The van der Waals surface area contributed by atoms with Crippen LogP contribution >= 0.6 is 0 Å². The van der Waals surface area contributed by atoms with Crippen molar-refractivity contribution in [3.05, 3.63) is 54.4 Å². The summed E-state index contributed by atoms with van der Waals surface area (Å²) in [6.45, 7) is 4.96. The van der Waals surface area contributed by atoms with Crippen molar-refractivity contribution in [2.45, 2.75) is 43.7 Å². The Labute approximate surface area is 157 Å². The van der Waals surface area contributed by atoms with E-state index in [9.17, 15) is 23.1 Å². The predicted octanol–water partition coefficient (Wildman–Crippen LogP) is 2.25. The zero-order valence-electron chi connectivity index (χ0n) is 15.2. The fourth-order valence-corrected chi connectivity index (χ4v) is 3.76. The number of carbonyl (C=O) groups is 2. The van der Waals surface area contributed by atoms with Crippen molar-refractivity contribution in [1.29, 1.82) is 0 Å². The molecule has 8 nitrogen and oxygen atoms in total. The molecule has 1 atom stereocenters. The Bertz CT molecular complexity index is 913. The number of alkyl carbamates (subject to hydrolysis) is 1. The standard InChI is InChI=1S/C18H22N2O6S/c1-18(2,3)26-17(23)19-15(16(21)22)12-13-8-7-11-20(13)27(24,25)14-9-5-4-6-10-14/h4-11,15H,12H2,1-3H3,(H,19,23)(H,21,22)/t15-/m0/s1. The number of nitrogens with one attached hydrogen (secondary N) is 1. The van der Waals surface area contributed by atoms with Crippen molar-refractivity contribution in [2.24, 2.45) is 0 Å². The minimum absolute atomic E-state index is 0.0782. The number of aromatic nitrogens is 1. The lowest BCUT2D eigenvalue weighted by molar-refractivity contribution is -0.139. The third kappa shape index (κ3) is 5.33. The number of hydrogen-bond acceptors (Lipinski definition) is 5. The van der Waals surface area contributed by atoms with Gasteiger partial charge in [0.2, 0.25) is 0 Å². The smallest absolute Gasteiger partial charge is 0.408 e. The van der Waals surface area contributed by atoms with Gasteiger partial charge < -0.3 is 15.2 Å². The van der Waals surface area contributed by atoms with Gasteiger partial charge in [0, 0.05) is 18.3 Å². The van der Waals surface area contributed by atoms with Crippen LogP contribution in [-0.2, 0) is 26.0 Å². The van der Waals surface area contributed by atoms with Crippen molar-refractivity contribution in [1.82, 2.24) is 9.29 Å². The van der Waals surface area contributed by atoms with Crippen LogP contribution in [-0.4, -0.2) is 41.2 Å². The van der Waals surface area contributed by atoms with E-state index < -0.39 is 33.7 Å². The van der Waals surface area contributed by atoms with Gasteiger partial charge >= 0.3 is 12.1 Å². The van der Waals surface area contributed by atoms with E-state index in [2.05, 4.69) is 5.32 Å². The van der Waals surface area contributed by atoms with Gasteiger partial charge in [0.05, 0.1) is 4.90 Å². The van der Waals surface area contributed by atoms with Gasteiger partial charge in [-0.05, 0) is 45.0 Å². The molecule has 1 amide bonds. The molecule has 0 aliphatic rings. The third-order valence-electron chi connectivity index (χ3n) is 3.50. The van der Waals surface area contributed by atoms with Crippen molar-refractivity contribution in [3.63, 3.8) is 0 Å². The summed E-state index contributed by atoms with van der Waals surface area (Å²) in [5.74, 6) is -1.30. The Balaban J connectivity index is 2.25. The van der Waals surface area contributed by atoms with Crippen LogP contribution < -0.4 is 5.32 Å². The number of carbonyl (C=O) groups excluding carboxylic acids is 1. The van der Waals surface area contributed by atoms with Crippen molar-refractivity contribution in [3.8, 4) is 0 Å². The first-order chi connectivity index (χ1) is 12.5. The van der Waals surface area contributed by atoms with E-state index in [1.165, 1.54) is 30.5 Å². The highest BCUT2D eigenvalue weighted by atomic mass is 32.2. The van der Waals surface area contributed by atoms with Crippen molar-refractivity contribution >= 4 is 22.1 Å². The molecule has 2 aromatic rings. The molecule has 27 heavy (non-hydrogen) atoms. The SMILES string of the molecule is CC(C)(C)OC(=O)N[C@@H](Cc1cccn1S(=O)(=O)c1ccccc1)C(=O)O. The highest BCUT2D eigenvalue weighted by Gasteiger charge is 2.27. The monoisotopic (exact) mass is 394 g/mol. The summed E-state index contributed by atoms with van der Waals surface area (Å²) in [4.78, 5) is 23.5. The van der Waals surface area contributed by atoms with Gasteiger partial charge in [-0.15, -0.1) is 0 Å². The van der Waals surface area contributed by atoms with Gasteiger partial charge in [0.25, 0.3) is 10.0 Å². The first kappa shape index (κ1) is 20.5. The molecule has 0 saturated carbocycles. The van der Waals surface area contributed by atoms with E-state index in [-0.39, 0.29) is 17.0 Å². The molecular formula is C18H22N2O6S. The molecule has 0 spiro atoms. The second kappa shape index (κ2) is 7.83. The summed E-state index contributed by atoms with van der Waals surface area (Å²) in [7, 11) is -3.88. The van der Waals surface area contributed by atoms with E-state index in [0.717, 1.165) is 3.97 Å². The average molecular weight is 394 g/mol. The van der Waals surface area contributed by atoms with E-state index in [1.54, 1.807) is 39.0 Å². The molecule has 9 heteroatoms. The first-order valence-electron chi connectivity index (χ1n) is 8.20. The molecule has 0 saturated heterocycles. The van der Waals surface area contributed by atoms with Crippen molar-refractivity contribution in [2.75, 3.05) is 0 Å². The van der Waals surface area contributed by atoms with Crippen LogP contribution in [0.3, 0.4) is 0 Å². The van der Waals surface area contributed by atoms with Gasteiger partial charge in [-0.3, -0.25) is 0 Å². The number of carboxylic acid groups (broad SMARTS) is 1. The summed E-state index contributed by atoms with van der Waals surface area (Å²) in [6, 6.07) is 9.44. The number of aliphatic carboxylic acids is 1. The summed E-state index contributed by atoms with van der Waals surface area (Å²) < 4.78 is 31.6. The maximum atomic E-state index is 12.8. The van der Waals surface area contributed by atoms with Gasteiger partial charge in [-0.2, -0.15) is 0 Å². The Kier molecular flexibility index (Phi) is 5.94. The van der Waals surface area contributed by atoms with Crippen LogP contribution in [0.1, 0.15) is 26.5 Å². The summed E-state index contributed by atoms with van der Waals surface area (Å²) in [5.41, 5.74) is -0.563. The minimum atomic E-state index is -3.88. The molecule has 1 heterocycles. The fraction of sp³-hybridized carbons (Fsp3) is 0.333. The largest absolute Gasteiger partial charge is 0.480 e. The van der Waals surface area contributed by atoms with E-state index in [1.807, 2.05) is 0 Å². The van der Waals surface area contributed by atoms with Crippen LogP contribution in [0.2, 0.25) is 0 Å². The second-order valence-electron chi connectivity index (χ2n) is 6.85. The van der Waals surface area contributed by atoms with Crippen LogP contribution in [0.15, 0.2) is 53.6 Å². The van der Waals surface area contributed by atoms with Gasteiger partial charge in [0.15, 0.2) is 0 Å². The molecular weight excluding hydrogens is 372 g/mol. The molecule has 0 aliphatic carbocycles. The minimum Gasteiger partial charge on any atom is -0.480 e. The Morgan fingerprint density at radius 3 is 2.33 bits per heavy atom. The Morgan fingerprint density at radius 1 is 1.15 bits per heavy atom. The highest BCUT2D eigenvalue weighted by Crippen LogP contribution is 2.18. The summed E-state index contributed by atoms with van der Waals surface area (Å²) >= 11 is 0. The Morgan fingerprint density at radius 2 is 1.78 bits per heavy atom. The predicted molar refractivity (Wildman–Crippen MR) is 98.0 cm³/mol. The third-order valence-corrected chi connectivity index (χ3v) is 5.24. The van der Waals surface area contributed by atoms with Crippen LogP contribution in [0.5, 0.6) is 0 Å². The fourth-order valence-electron chi connectivity index (χ4n) is 2.36. The molecule has 2 N–H and O–H groups in total. The normalized spacial score (nSPS) is 13.0. The number of carboxylic acids is 1. The number of hydrogen-bond donors (Lipinski definition) is 2. The molecule has 1 aromatic carbocycles. The highest BCUT2D eigenvalue weighted by molar-refractivity contribution is 7.90. The number of rotatable bonds is 6. The molecule has 0 unspecified atom stereocenters. The quantitative estimate of drug-likeness (QED) is 0.777. The molecule has 0 bridgehead atoms. The molecule has 146 valence electrons. The van der Waals surface area contributed by atoms with Crippen LogP contribution in [0.25, 0.3) is 0 Å². The van der Waals surface area contributed by atoms with E-state index in [4.69, 9.17) is 4.74 Å². The number of ether oxygens (including phenoxy) is 1. The van der Waals surface area contributed by atoms with Gasteiger partial charge in [-0.1, -0.05) is 18.2 Å². The Hall–Kier alpha value is -2.81. The number of nitrogens with zero attached hydrogens (tertiary/aromatic N) is 1. The molecule has 0 aliphatic heterocycles. The molecule has 2 rings (SSSR count). The zero-order valence-corrected chi connectivity index (χ0v) is 16.1. The lowest BCUT2D eigenvalue weighted by Crippen LogP contribution is -2.45. The molecule has 1 aromatic heterocycles. The number of amides is 1. The lowest BCUT2D eigenvalue weighted by atomic mass is 10.1. The maximum Gasteiger partial charge on any atom is 0.408 e.